The van der Waals surface area contributed by atoms with Gasteiger partial charge in [-0.15, -0.1) is 0 Å². The first-order chi connectivity index (χ1) is 19.3. The molecule has 0 unspecified atom stereocenters. The zero-order valence-electron chi connectivity index (χ0n) is 23.3. The monoisotopic (exact) mass is 566 g/mol. The molecule has 0 fully saturated rings. The minimum absolute atomic E-state index is 0.0131. The van der Waals surface area contributed by atoms with E-state index in [1.165, 1.54) is 12.1 Å². The SMILES string of the molecule is CC(C)CN(CC(C)C)c1ccc(-n2c(C(=O)O)cc3ccccc32)cc1NC(=O)Nc1cccc(C(F)(F)F)c1. The number of para-hydroxylation sites is 1. The molecule has 4 aromatic rings. The molecule has 41 heavy (non-hydrogen) atoms. The van der Waals surface area contributed by atoms with Gasteiger partial charge in [0.05, 0.1) is 22.5 Å². The average molecular weight is 567 g/mol. The van der Waals surface area contributed by atoms with E-state index in [-0.39, 0.29) is 11.4 Å². The second-order valence-electron chi connectivity index (χ2n) is 10.8. The summed E-state index contributed by atoms with van der Waals surface area (Å²) in [5.74, 6) is -0.511. The molecule has 0 aliphatic heterocycles. The molecule has 7 nitrogen and oxygen atoms in total. The van der Waals surface area contributed by atoms with Crippen LogP contribution in [0.25, 0.3) is 16.6 Å². The van der Waals surface area contributed by atoms with E-state index in [1.54, 1.807) is 22.8 Å². The number of rotatable bonds is 9. The Morgan fingerprint density at radius 1 is 0.878 bits per heavy atom. The Labute approximate surface area is 236 Å². The summed E-state index contributed by atoms with van der Waals surface area (Å²) in [6.07, 6.45) is -4.55. The average Bonchev–Trinajstić information content (AvgIpc) is 3.27. The number of aromatic nitrogens is 1. The van der Waals surface area contributed by atoms with Crippen LogP contribution >= 0.6 is 0 Å². The van der Waals surface area contributed by atoms with Crippen molar-refractivity contribution in [2.24, 2.45) is 11.8 Å². The second kappa shape index (κ2) is 12.0. The van der Waals surface area contributed by atoms with Crippen LogP contribution in [-0.4, -0.2) is 34.8 Å². The Bertz CT molecular complexity index is 1550. The summed E-state index contributed by atoms with van der Waals surface area (Å²) in [6, 6.07) is 17.8. The van der Waals surface area contributed by atoms with E-state index in [0.717, 1.165) is 17.5 Å². The van der Waals surface area contributed by atoms with Crippen LogP contribution in [0.3, 0.4) is 0 Å². The summed E-state index contributed by atoms with van der Waals surface area (Å²) in [4.78, 5) is 27.4. The number of carbonyl (C=O) groups is 2. The van der Waals surface area contributed by atoms with Gasteiger partial charge in [-0.3, -0.25) is 0 Å². The molecule has 216 valence electrons. The number of carboxylic acids is 1. The van der Waals surface area contributed by atoms with Crippen LogP contribution in [0.4, 0.5) is 35.0 Å². The predicted molar refractivity (Wildman–Crippen MR) is 156 cm³/mol. The van der Waals surface area contributed by atoms with Crippen LogP contribution in [-0.2, 0) is 6.18 Å². The lowest BCUT2D eigenvalue weighted by molar-refractivity contribution is -0.137. The smallest absolute Gasteiger partial charge is 0.416 e. The van der Waals surface area contributed by atoms with Gasteiger partial charge < -0.3 is 25.2 Å². The van der Waals surface area contributed by atoms with Gasteiger partial charge >= 0.3 is 18.2 Å². The number of aromatic carboxylic acids is 1. The molecule has 0 atom stereocenters. The van der Waals surface area contributed by atoms with Gasteiger partial charge in [0, 0.05) is 29.9 Å². The Morgan fingerprint density at radius 2 is 1.56 bits per heavy atom. The molecule has 1 heterocycles. The van der Waals surface area contributed by atoms with Gasteiger partial charge in [0.2, 0.25) is 0 Å². The number of fused-ring (bicyclic) bond motifs is 1. The van der Waals surface area contributed by atoms with E-state index in [4.69, 9.17) is 0 Å². The van der Waals surface area contributed by atoms with Gasteiger partial charge in [-0.05, 0) is 60.4 Å². The van der Waals surface area contributed by atoms with Crippen molar-refractivity contribution in [3.05, 3.63) is 84.1 Å². The van der Waals surface area contributed by atoms with Crippen LogP contribution < -0.4 is 15.5 Å². The summed E-state index contributed by atoms with van der Waals surface area (Å²) >= 11 is 0. The van der Waals surface area contributed by atoms with E-state index in [0.29, 0.717) is 47.5 Å². The lowest BCUT2D eigenvalue weighted by atomic mass is 10.1. The highest BCUT2D eigenvalue weighted by Crippen LogP contribution is 2.34. The van der Waals surface area contributed by atoms with Crippen LogP contribution in [0.1, 0.15) is 43.7 Å². The van der Waals surface area contributed by atoms with Crippen LogP contribution in [0.2, 0.25) is 0 Å². The number of anilines is 3. The minimum atomic E-state index is -4.55. The maximum Gasteiger partial charge on any atom is 0.416 e. The Morgan fingerprint density at radius 3 is 2.20 bits per heavy atom. The molecule has 0 saturated carbocycles. The molecule has 2 amide bonds. The summed E-state index contributed by atoms with van der Waals surface area (Å²) < 4.78 is 41.2. The van der Waals surface area contributed by atoms with E-state index < -0.39 is 23.7 Å². The first-order valence-electron chi connectivity index (χ1n) is 13.3. The fraction of sp³-hybridized carbons (Fsp3) is 0.290. The molecule has 0 saturated heterocycles. The Kier molecular flexibility index (Phi) is 8.60. The van der Waals surface area contributed by atoms with Crippen molar-refractivity contribution in [2.45, 2.75) is 33.9 Å². The molecule has 0 aliphatic carbocycles. The first-order valence-corrected chi connectivity index (χ1v) is 13.3. The topological polar surface area (TPSA) is 86.6 Å². The third-order valence-electron chi connectivity index (χ3n) is 6.38. The number of nitrogens with one attached hydrogen (secondary N) is 2. The quantitative estimate of drug-likeness (QED) is 0.191. The molecule has 3 N–H and O–H groups in total. The van der Waals surface area contributed by atoms with Crippen molar-refractivity contribution in [1.29, 1.82) is 0 Å². The van der Waals surface area contributed by atoms with Gasteiger partial charge in [0.15, 0.2) is 0 Å². The van der Waals surface area contributed by atoms with Gasteiger partial charge in [0.1, 0.15) is 5.69 Å². The third kappa shape index (κ3) is 7.00. The summed E-state index contributed by atoms with van der Waals surface area (Å²) in [6.45, 7) is 9.71. The number of amides is 2. The third-order valence-corrected chi connectivity index (χ3v) is 6.38. The van der Waals surface area contributed by atoms with Crippen molar-refractivity contribution < 1.29 is 27.9 Å². The summed E-state index contributed by atoms with van der Waals surface area (Å²) in [5, 5.41) is 16.0. The number of urea groups is 1. The van der Waals surface area contributed by atoms with Crippen molar-refractivity contribution in [3.63, 3.8) is 0 Å². The standard InChI is InChI=1S/C31H33F3N4O3/c1-19(2)17-37(18-20(3)4)27-13-12-24(38-26-11-6-5-8-21(26)14-28(38)29(39)40)16-25(27)36-30(41)35-23-10-7-9-22(15-23)31(32,33)34/h5-16,19-20H,17-18H2,1-4H3,(H,39,40)(H2,35,36,41). The number of halogens is 3. The van der Waals surface area contributed by atoms with Gasteiger partial charge in [-0.25, -0.2) is 9.59 Å². The normalized spacial score (nSPS) is 11.7. The van der Waals surface area contributed by atoms with E-state index in [2.05, 4.69) is 43.2 Å². The first kappa shape index (κ1) is 29.5. The highest BCUT2D eigenvalue weighted by atomic mass is 19.4. The van der Waals surface area contributed by atoms with E-state index in [1.807, 2.05) is 30.3 Å². The molecular formula is C31H33F3N4O3. The lowest BCUT2D eigenvalue weighted by Crippen LogP contribution is -2.32. The molecule has 4 rings (SSSR count). The molecule has 0 aliphatic rings. The predicted octanol–water partition coefficient (Wildman–Crippen LogP) is 8.11. The van der Waals surface area contributed by atoms with E-state index in [9.17, 15) is 27.9 Å². The number of hydrogen-bond acceptors (Lipinski definition) is 3. The molecule has 1 aromatic heterocycles. The van der Waals surface area contributed by atoms with Crippen LogP contribution in [0, 0.1) is 11.8 Å². The zero-order chi connectivity index (χ0) is 29.9. The van der Waals surface area contributed by atoms with Gasteiger partial charge in [0.25, 0.3) is 0 Å². The highest BCUT2D eigenvalue weighted by molar-refractivity contribution is 6.02. The highest BCUT2D eigenvalue weighted by Gasteiger charge is 2.30. The van der Waals surface area contributed by atoms with E-state index >= 15 is 0 Å². The largest absolute Gasteiger partial charge is 0.477 e. The Hall–Kier alpha value is -4.47. The Balaban J connectivity index is 1.79. The zero-order valence-corrected chi connectivity index (χ0v) is 23.3. The van der Waals surface area contributed by atoms with Crippen molar-refractivity contribution in [2.75, 3.05) is 28.6 Å². The molecule has 0 bridgehead atoms. The van der Waals surface area contributed by atoms with Crippen LogP contribution in [0.15, 0.2) is 72.8 Å². The molecular weight excluding hydrogens is 533 g/mol. The lowest BCUT2D eigenvalue weighted by Gasteiger charge is -2.31. The maximum atomic E-state index is 13.2. The number of carboxylic acid groups (broad SMARTS) is 1. The fourth-order valence-electron chi connectivity index (χ4n) is 4.84. The summed E-state index contributed by atoms with van der Waals surface area (Å²) in [5.41, 5.74) is 1.46. The van der Waals surface area contributed by atoms with Gasteiger partial charge in [-0.1, -0.05) is 52.0 Å². The van der Waals surface area contributed by atoms with Crippen molar-refractivity contribution >= 4 is 40.0 Å². The molecule has 10 heteroatoms. The minimum Gasteiger partial charge on any atom is -0.477 e. The number of hydrogen-bond donors (Lipinski definition) is 3. The van der Waals surface area contributed by atoms with Crippen LogP contribution in [0.5, 0.6) is 0 Å². The fourth-order valence-corrected chi connectivity index (χ4v) is 4.84. The number of carbonyl (C=O) groups excluding carboxylic acids is 1. The number of benzene rings is 3. The second-order valence-corrected chi connectivity index (χ2v) is 10.8. The number of alkyl halides is 3. The molecule has 3 aromatic carbocycles. The maximum absolute atomic E-state index is 13.2. The van der Waals surface area contributed by atoms with Gasteiger partial charge in [-0.2, -0.15) is 13.2 Å². The molecule has 0 spiro atoms. The number of nitrogens with zero attached hydrogens (tertiary/aromatic N) is 2. The molecule has 0 radical (unpaired) electrons. The van der Waals surface area contributed by atoms with Crippen molar-refractivity contribution in [3.8, 4) is 5.69 Å². The summed E-state index contributed by atoms with van der Waals surface area (Å²) in [7, 11) is 0. The van der Waals surface area contributed by atoms with Crippen molar-refractivity contribution in [1.82, 2.24) is 4.57 Å².